The first-order chi connectivity index (χ1) is 11.5. The second kappa shape index (κ2) is 8.85. The minimum absolute atomic E-state index is 0.149. The minimum atomic E-state index is -0.641. The molecule has 2 aromatic carbocycles. The summed E-state index contributed by atoms with van der Waals surface area (Å²) in [5.41, 5.74) is 1.70. The van der Waals surface area contributed by atoms with Crippen LogP contribution in [0.4, 0.5) is 5.69 Å². The van der Waals surface area contributed by atoms with Crippen LogP contribution in [-0.4, -0.2) is 30.2 Å². The molecule has 0 aliphatic carbocycles. The van der Waals surface area contributed by atoms with E-state index in [1.54, 1.807) is 31.3 Å². The van der Waals surface area contributed by atoms with Gasteiger partial charge in [0, 0.05) is 24.2 Å². The first-order valence-electron chi connectivity index (χ1n) is 7.43. The van der Waals surface area contributed by atoms with Crippen molar-refractivity contribution in [2.45, 2.75) is 12.5 Å². The second-order valence-corrected chi connectivity index (χ2v) is 6.31. The molecule has 0 heterocycles. The fourth-order valence-electron chi connectivity index (χ4n) is 2.31. The highest BCUT2D eigenvalue weighted by Gasteiger charge is 2.24. The van der Waals surface area contributed by atoms with Gasteiger partial charge in [0.2, 0.25) is 11.8 Å². The van der Waals surface area contributed by atoms with Gasteiger partial charge in [-0.1, -0.05) is 57.9 Å². The molecule has 6 heteroatoms. The molecule has 4 nitrogen and oxygen atoms in total. The van der Waals surface area contributed by atoms with E-state index in [1.165, 1.54) is 4.90 Å². The molecule has 0 radical (unpaired) electrons. The van der Waals surface area contributed by atoms with Gasteiger partial charge in [0.25, 0.3) is 0 Å². The van der Waals surface area contributed by atoms with Gasteiger partial charge < -0.3 is 10.2 Å². The highest BCUT2D eigenvalue weighted by Crippen LogP contribution is 2.18. The number of anilines is 1. The Morgan fingerprint density at radius 1 is 1.12 bits per heavy atom. The van der Waals surface area contributed by atoms with Crippen molar-refractivity contribution in [2.24, 2.45) is 0 Å². The van der Waals surface area contributed by atoms with Crippen molar-refractivity contribution in [3.05, 3.63) is 65.2 Å². The molecule has 1 N–H and O–H groups in total. The predicted octanol–water partition coefficient (Wildman–Crippen LogP) is 3.43. The Morgan fingerprint density at radius 3 is 2.33 bits per heavy atom. The number of carbonyl (C=O) groups excluding carboxylic acids is 2. The molecule has 126 valence electrons. The molecule has 24 heavy (non-hydrogen) atoms. The molecule has 0 unspecified atom stereocenters. The van der Waals surface area contributed by atoms with Gasteiger partial charge in [-0.2, -0.15) is 0 Å². The average Bonchev–Trinajstić information content (AvgIpc) is 2.61. The molecule has 0 aliphatic rings. The van der Waals surface area contributed by atoms with Crippen LogP contribution in [0, 0.1) is 0 Å². The number of alkyl halides is 1. The fraction of sp³-hybridized carbons (Fsp3) is 0.222. The molecule has 0 fully saturated rings. The molecule has 1 atom stereocenters. The summed E-state index contributed by atoms with van der Waals surface area (Å²) in [5.74, 6) is -0.413. The number of amides is 2. The minimum Gasteiger partial charge on any atom is -0.343 e. The van der Waals surface area contributed by atoms with Crippen LogP contribution in [0.5, 0.6) is 0 Å². The lowest BCUT2D eigenvalue weighted by Crippen LogP contribution is -2.49. The van der Waals surface area contributed by atoms with Crippen LogP contribution in [0.25, 0.3) is 0 Å². The van der Waals surface area contributed by atoms with Crippen LogP contribution < -0.4 is 10.2 Å². The summed E-state index contributed by atoms with van der Waals surface area (Å²) in [7, 11) is 1.68. The van der Waals surface area contributed by atoms with E-state index in [9.17, 15) is 9.59 Å². The normalized spacial score (nSPS) is 11.6. The zero-order valence-corrected chi connectivity index (χ0v) is 15.5. The van der Waals surface area contributed by atoms with Gasteiger partial charge in [-0.15, -0.1) is 0 Å². The summed E-state index contributed by atoms with van der Waals surface area (Å²) in [5, 5.41) is 3.53. The topological polar surface area (TPSA) is 49.4 Å². The van der Waals surface area contributed by atoms with Crippen LogP contribution in [-0.2, 0) is 16.0 Å². The van der Waals surface area contributed by atoms with E-state index in [1.807, 2.05) is 30.3 Å². The number of hydrogen-bond donors (Lipinski definition) is 1. The lowest BCUT2D eigenvalue weighted by molar-refractivity contribution is -0.126. The summed E-state index contributed by atoms with van der Waals surface area (Å²) in [6.07, 6.45) is 0.427. The number of likely N-dealkylation sites (N-methyl/N-ethyl adjacent to an activating group) is 1. The third-order valence-electron chi connectivity index (χ3n) is 3.58. The summed E-state index contributed by atoms with van der Waals surface area (Å²) >= 11 is 9.00. The molecule has 0 aromatic heterocycles. The highest BCUT2D eigenvalue weighted by atomic mass is 79.9. The van der Waals surface area contributed by atoms with Gasteiger partial charge in [0.15, 0.2) is 0 Å². The average molecular weight is 410 g/mol. The third-order valence-corrected chi connectivity index (χ3v) is 4.34. The van der Waals surface area contributed by atoms with E-state index in [2.05, 4.69) is 21.2 Å². The standard InChI is InChI=1S/C18H18BrClN2O2/c1-22(15-9-7-14(20)8-10-15)18(24)16(21-17(23)12-19)11-13-5-3-2-4-6-13/h2-10,16H,11-12H2,1H3,(H,21,23)/t16-/m0/s1. The van der Waals surface area contributed by atoms with Crippen molar-refractivity contribution in [1.82, 2.24) is 5.32 Å². The quantitative estimate of drug-likeness (QED) is 0.743. The van der Waals surface area contributed by atoms with E-state index in [-0.39, 0.29) is 17.1 Å². The van der Waals surface area contributed by atoms with E-state index in [0.717, 1.165) is 11.3 Å². The molecule has 2 aromatic rings. The Balaban J connectivity index is 2.19. The Bertz CT molecular complexity index is 692. The van der Waals surface area contributed by atoms with Crippen molar-refractivity contribution < 1.29 is 9.59 Å². The van der Waals surface area contributed by atoms with Crippen LogP contribution in [0.3, 0.4) is 0 Å². The van der Waals surface area contributed by atoms with Crippen molar-refractivity contribution in [3.63, 3.8) is 0 Å². The number of hydrogen-bond acceptors (Lipinski definition) is 2. The lowest BCUT2D eigenvalue weighted by Gasteiger charge is -2.25. The van der Waals surface area contributed by atoms with Crippen LogP contribution in [0.2, 0.25) is 5.02 Å². The number of nitrogens with zero attached hydrogens (tertiary/aromatic N) is 1. The van der Waals surface area contributed by atoms with Gasteiger partial charge >= 0.3 is 0 Å². The SMILES string of the molecule is CN(C(=O)[C@H](Cc1ccccc1)NC(=O)CBr)c1ccc(Cl)cc1. The van der Waals surface area contributed by atoms with Gasteiger partial charge in [-0.05, 0) is 29.8 Å². The van der Waals surface area contributed by atoms with Crippen LogP contribution >= 0.6 is 27.5 Å². The lowest BCUT2D eigenvalue weighted by atomic mass is 10.0. The van der Waals surface area contributed by atoms with Gasteiger partial charge in [0.1, 0.15) is 6.04 Å². The summed E-state index contributed by atoms with van der Waals surface area (Å²) < 4.78 is 0. The zero-order valence-electron chi connectivity index (χ0n) is 13.2. The first kappa shape index (κ1) is 18.5. The Morgan fingerprint density at radius 2 is 1.75 bits per heavy atom. The molecule has 0 saturated carbocycles. The zero-order chi connectivity index (χ0) is 17.5. The monoisotopic (exact) mass is 408 g/mol. The maximum Gasteiger partial charge on any atom is 0.249 e. The molecule has 2 rings (SSSR count). The van der Waals surface area contributed by atoms with Gasteiger partial charge in [0.05, 0.1) is 5.33 Å². The first-order valence-corrected chi connectivity index (χ1v) is 8.93. The number of nitrogens with one attached hydrogen (secondary N) is 1. The van der Waals surface area contributed by atoms with Gasteiger partial charge in [-0.25, -0.2) is 0 Å². The highest BCUT2D eigenvalue weighted by molar-refractivity contribution is 9.09. The van der Waals surface area contributed by atoms with Crippen molar-refractivity contribution in [1.29, 1.82) is 0 Å². The Labute approximate surface area is 154 Å². The molecule has 2 amide bonds. The number of carbonyl (C=O) groups is 2. The number of rotatable bonds is 6. The van der Waals surface area contributed by atoms with Gasteiger partial charge in [-0.3, -0.25) is 9.59 Å². The van der Waals surface area contributed by atoms with Crippen LogP contribution in [0.15, 0.2) is 54.6 Å². The summed E-state index contributed by atoms with van der Waals surface area (Å²) in [4.78, 5) is 26.1. The maximum absolute atomic E-state index is 12.8. The van der Waals surface area contributed by atoms with E-state index >= 15 is 0 Å². The van der Waals surface area contributed by atoms with Crippen molar-refractivity contribution in [2.75, 3.05) is 17.3 Å². The summed E-state index contributed by atoms with van der Waals surface area (Å²) in [6, 6.07) is 15.9. The van der Waals surface area contributed by atoms with E-state index < -0.39 is 6.04 Å². The van der Waals surface area contributed by atoms with E-state index in [4.69, 9.17) is 11.6 Å². The van der Waals surface area contributed by atoms with Crippen molar-refractivity contribution >= 4 is 45.0 Å². The molecular formula is C18H18BrClN2O2. The molecule has 0 bridgehead atoms. The molecular weight excluding hydrogens is 392 g/mol. The molecule has 0 saturated heterocycles. The second-order valence-electron chi connectivity index (χ2n) is 5.32. The van der Waals surface area contributed by atoms with Crippen molar-refractivity contribution in [3.8, 4) is 0 Å². The largest absolute Gasteiger partial charge is 0.343 e. The fourth-order valence-corrected chi connectivity index (χ4v) is 2.60. The predicted molar refractivity (Wildman–Crippen MR) is 101 cm³/mol. The summed E-state index contributed by atoms with van der Waals surface area (Å²) in [6.45, 7) is 0. The molecule has 0 aliphatic heterocycles. The maximum atomic E-state index is 12.8. The Kier molecular flexibility index (Phi) is 6.82. The third kappa shape index (κ3) is 5.08. The van der Waals surface area contributed by atoms with Crippen LogP contribution in [0.1, 0.15) is 5.56 Å². The van der Waals surface area contributed by atoms with E-state index in [0.29, 0.717) is 11.4 Å². The number of benzene rings is 2. The molecule has 0 spiro atoms. The smallest absolute Gasteiger partial charge is 0.249 e. The Hall–Kier alpha value is -1.85. The number of halogens is 2.